The zero-order chi connectivity index (χ0) is 10.1. The van der Waals surface area contributed by atoms with E-state index in [-0.39, 0.29) is 5.82 Å². The molecule has 1 heterocycles. The predicted octanol–water partition coefficient (Wildman–Crippen LogP) is 2.84. The third-order valence-electron chi connectivity index (χ3n) is 1.83. The molecular formula is C10H9FN2S. The molecule has 0 amide bonds. The number of benzene rings is 1. The van der Waals surface area contributed by atoms with E-state index in [9.17, 15) is 4.39 Å². The van der Waals surface area contributed by atoms with Gasteiger partial charge in [0.05, 0.1) is 10.7 Å². The summed E-state index contributed by atoms with van der Waals surface area (Å²) < 4.78 is 13.0. The van der Waals surface area contributed by atoms with Gasteiger partial charge in [-0.3, -0.25) is 0 Å². The van der Waals surface area contributed by atoms with Crippen molar-refractivity contribution < 1.29 is 4.39 Å². The lowest BCUT2D eigenvalue weighted by atomic mass is 10.1. The van der Waals surface area contributed by atoms with E-state index in [4.69, 9.17) is 5.73 Å². The van der Waals surface area contributed by atoms with Gasteiger partial charge < -0.3 is 5.73 Å². The molecule has 2 aromatic rings. The number of hydrogen-bond acceptors (Lipinski definition) is 3. The zero-order valence-electron chi connectivity index (χ0n) is 7.62. The standard InChI is InChI=1S/C10H9FN2S/c1-6-13-10(5-14-6)7-2-8(11)4-9(12)3-7/h2-5H,12H2,1H3. The molecule has 0 bridgehead atoms. The van der Waals surface area contributed by atoms with Gasteiger partial charge >= 0.3 is 0 Å². The molecule has 1 aromatic heterocycles. The van der Waals surface area contributed by atoms with Gasteiger partial charge in [0.15, 0.2) is 0 Å². The molecule has 0 atom stereocenters. The van der Waals surface area contributed by atoms with Crippen molar-refractivity contribution in [3.8, 4) is 11.3 Å². The SMILES string of the molecule is Cc1nc(-c2cc(N)cc(F)c2)cs1. The summed E-state index contributed by atoms with van der Waals surface area (Å²) in [5, 5.41) is 2.85. The second-order valence-electron chi connectivity index (χ2n) is 3.03. The van der Waals surface area contributed by atoms with Crippen molar-refractivity contribution in [2.24, 2.45) is 0 Å². The lowest BCUT2D eigenvalue weighted by Gasteiger charge is -1.99. The normalized spacial score (nSPS) is 10.4. The van der Waals surface area contributed by atoms with E-state index in [0.29, 0.717) is 5.69 Å². The summed E-state index contributed by atoms with van der Waals surface area (Å²) in [5.41, 5.74) is 7.47. The first-order valence-corrected chi connectivity index (χ1v) is 5.02. The third kappa shape index (κ3) is 1.75. The van der Waals surface area contributed by atoms with Crippen LogP contribution in [0.5, 0.6) is 0 Å². The number of anilines is 1. The summed E-state index contributed by atoms with van der Waals surface area (Å²) in [6.45, 7) is 1.91. The van der Waals surface area contributed by atoms with Crippen LogP contribution in [0.15, 0.2) is 23.6 Å². The van der Waals surface area contributed by atoms with E-state index in [0.717, 1.165) is 16.3 Å². The van der Waals surface area contributed by atoms with E-state index < -0.39 is 0 Å². The highest BCUT2D eigenvalue weighted by Crippen LogP contribution is 2.24. The van der Waals surface area contributed by atoms with Crippen molar-refractivity contribution in [1.82, 2.24) is 4.98 Å². The van der Waals surface area contributed by atoms with Crippen LogP contribution in [0.2, 0.25) is 0 Å². The second kappa shape index (κ2) is 3.38. The van der Waals surface area contributed by atoms with Gasteiger partial charge in [0.1, 0.15) is 5.82 Å². The fraction of sp³-hybridized carbons (Fsp3) is 0.100. The van der Waals surface area contributed by atoms with Gasteiger partial charge in [0.25, 0.3) is 0 Å². The van der Waals surface area contributed by atoms with Crippen molar-refractivity contribution in [1.29, 1.82) is 0 Å². The summed E-state index contributed by atoms with van der Waals surface area (Å²) in [6, 6.07) is 4.45. The van der Waals surface area contributed by atoms with E-state index in [1.807, 2.05) is 12.3 Å². The highest BCUT2D eigenvalue weighted by Gasteiger charge is 2.04. The molecular weight excluding hydrogens is 199 g/mol. The molecule has 4 heteroatoms. The Hall–Kier alpha value is -1.42. The first-order valence-electron chi connectivity index (χ1n) is 4.14. The molecule has 72 valence electrons. The fourth-order valence-electron chi connectivity index (χ4n) is 1.26. The molecule has 0 aliphatic heterocycles. The number of hydrogen-bond donors (Lipinski definition) is 1. The van der Waals surface area contributed by atoms with Crippen LogP contribution in [0, 0.1) is 12.7 Å². The van der Waals surface area contributed by atoms with Gasteiger partial charge in [-0.2, -0.15) is 0 Å². The van der Waals surface area contributed by atoms with Crippen LogP contribution in [0.3, 0.4) is 0 Å². The van der Waals surface area contributed by atoms with Gasteiger partial charge in [-0.05, 0) is 25.1 Å². The van der Waals surface area contributed by atoms with E-state index in [2.05, 4.69) is 4.98 Å². The van der Waals surface area contributed by atoms with Crippen molar-refractivity contribution in [2.75, 3.05) is 5.73 Å². The average Bonchev–Trinajstić information content (AvgIpc) is 2.50. The highest BCUT2D eigenvalue weighted by molar-refractivity contribution is 7.09. The van der Waals surface area contributed by atoms with Crippen molar-refractivity contribution in [3.05, 3.63) is 34.4 Å². The minimum absolute atomic E-state index is 0.328. The predicted molar refractivity (Wildman–Crippen MR) is 56.7 cm³/mol. The summed E-state index contributed by atoms with van der Waals surface area (Å²) >= 11 is 1.54. The minimum Gasteiger partial charge on any atom is -0.399 e. The third-order valence-corrected chi connectivity index (χ3v) is 2.61. The van der Waals surface area contributed by atoms with E-state index in [1.165, 1.54) is 23.5 Å². The monoisotopic (exact) mass is 208 g/mol. The summed E-state index contributed by atoms with van der Waals surface area (Å²) in [6.07, 6.45) is 0. The lowest BCUT2D eigenvalue weighted by Crippen LogP contribution is -1.88. The Balaban J connectivity index is 2.51. The summed E-state index contributed by atoms with van der Waals surface area (Å²) in [5.74, 6) is -0.328. The molecule has 2 N–H and O–H groups in total. The number of thiazole rings is 1. The molecule has 0 fully saturated rings. The first-order chi connectivity index (χ1) is 6.65. The molecule has 0 saturated carbocycles. The zero-order valence-corrected chi connectivity index (χ0v) is 8.44. The minimum atomic E-state index is -0.328. The number of nitrogen functional groups attached to an aromatic ring is 1. The largest absolute Gasteiger partial charge is 0.399 e. The Morgan fingerprint density at radius 2 is 2.14 bits per heavy atom. The smallest absolute Gasteiger partial charge is 0.125 e. The number of aromatic nitrogens is 1. The van der Waals surface area contributed by atoms with Gasteiger partial charge in [-0.1, -0.05) is 0 Å². The number of nitrogens with two attached hydrogens (primary N) is 1. The average molecular weight is 208 g/mol. The van der Waals surface area contributed by atoms with Crippen molar-refractivity contribution in [3.63, 3.8) is 0 Å². The quantitative estimate of drug-likeness (QED) is 0.732. The van der Waals surface area contributed by atoms with Crippen LogP contribution >= 0.6 is 11.3 Å². The van der Waals surface area contributed by atoms with Crippen molar-refractivity contribution in [2.45, 2.75) is 6.92 Å². The Morgan fingerprint density at radius 1 is 1.36 bits per heavy atom. The molecule has 1 aromatic carbocycles. The molecule has 0 spiro atoms. The van der Waals surface area contributed by atoms with Gasteiger partial charge in [0.2, 0.25) is 0 Å². The molecule has 0 unspecified atom stereocenters. The Kier molecular flexibility index (Phi) is 2.21. The van der Waals surface area contributed by atoms with Crippen LogP contribution in [-0.2, 0) is 0 Å². The molecule has 2 nitrogen and oxygen atoms in total. The Bertz CT molecular complexity index is 445. The van der Waals surface area contributed by atoms with Crippen LogP contribution in [-0.4, -0.2) is 4.98 Å². The lowest BCUT2D eigenvalue weighted by molar-refractivity contribution is 0.629. The molecule has 0 aliphatic rings. The number of rotatable bonds is 1. The van der Waals surface area contributed by atoms with Gasteiger partial charge in [-0.15, -0.1) is 11.3 Å². The van der Waals surface area contributed by atoms with Crippen LogP contribution in [0.1, 0.15) is 5.01 Å². The molecule has 0 saturated heterocycles. The molecule has 0 aliphatic carbocycles. The van der Waals surface area contributed by atoms with E-state index in [1.54, 1.807) is 6.07 Å². The summed E-state index contributed by atoms with van der Waals surface area (Å²) in [7, 11) is 0. The molecule has 0 radical (unpaired) electrons. The number of nitrogens with zero attached hydrogens (tertiary/aromatic N) is 1. The van der Waals surface area contributed by atoms with Crippen LogP contribution in [0.25, 0.3) is 11.3 Å². The topological polar surface area (TPSA) is 38.9 Å². The maximum Gasteiger partial charge on any atom is 0.125 e. The molecule has 14 heavy (non-hydrogen) atoms. The summed E-state index contributed by atoms with van der Waals surface area (Å²) in [4.78, 5) is 4.26. The van der Waals surface area contributed by atoms with Gasteiger partial charge in [0, 0.05) is 16.6 Å². The van der Waals surface area contributed by atoms with Crippen LogP contribution in [0.4, 0.5) is 10.1 Å². The first kappa shape index (κ1) is 9.15. The van der Waals surface area contributed by atoms with E-state index >= 15 is 0 Å². The van der Waals surface area contributed by atoms with Crippen LogP contribution < -0.4 is 5.73 Å². The molecule has 2 rings (SSSR count). The number of halogens is 1. The maximum absolute atomic E-state index is 13.0. The van der Waals surface area contributed by atoms with Gasteiger partial charge in [-0.25, -0.2) is 9.37 Å². The maximum atomic E-state index is 13.0. The Morgan fingerprint density at radius 3 is 2.71 bits per heavy atom. The second-order valence-corrected chi connectivity index (χ2v) is 4.09. The van der Waals surface area contributed by atoms with Crippen molar-refractivity contribution >= 4 is 17.0 Å². The Labute approximate surface area is 85.2 Å². The number of aryl methyl sites for hydroxylation is 1. The highest BCUT2D eigenvalue weighted by atomic mass is 32.1. The fourth-order valence-corrected chi connectivity index (χ4v) is 1.88.